The maximum absolute atomic E-state index is 2.21. The second-order valence-electron chi connectivity index (χ2n) is 4.25. The van der Waals surface area contributed by atoms with Gasteiger partial charge in [-0.05, 0) is 36.4 Å². The Morgan fingerprint density at radius 3 is 0.731 bits per heavy atom. The monoisotopic (exact) mass is 498 g/mol. The van der Waals surface area contributed by atoms with Crippen LogP contribution in [0.15, 0.2) is 106 Å². The van der Waals surface area contributed by atoms with E-state index in [1.54, 1.807) is 0 Å². The van der Waals surface area contributed by atoms with Crippen molar-refractivity contribution in [1.82, 2.24) is 0 Å². The van der Waals surface area contributed by atoms with E-state index in [4.69, 9.17) is 0 Å². The molecule has 0 unspecified atom stereocenters. The van der Waals surface area contributed by atoms with E-state index in [1.165, 1.54) is 14.7 Å². The molecule has 3 rings (SSSR count). The summed E-state index contributed by atoms with van der Waals surface area (Å²) in [5.74, 6) is 0. The van der Waals surface area contributed by atoms with E-state index >= 15 is 0 Å². The maximum atomic E-state index is 2.21. The van der Waals surface area contributed by atoms with Crippen molar-refractivity contribution in [3.63, 3.8) is 0 Å². The van der Waals surface area contributed by atoms with Gasteiger partial charge in [-0.2, -0.15) is 0 Å². The van der Waals surface area contributed by atoms with Crippen LogP contribution in [-0.4, -0.2) is 24.4 Å². The Bertz CT molecular complexity index is 550. The van der Waals surface area contributed by atoms with Crippen molar-refractivity contribution >= 4 is 35.3 Å². The van der Waals surface area contributed by atoms with Gasteiger partial charge >= 0.3 is 24.4 Å². The quantitative estimate of drug-likeness (QED) is 0.191. The number of rotatable bonds is 3. The summed E-state index contributed by atoms with van der Waals surface area (Å²) in [6.45, 7) is 0. The summed E-state index contributed by atoms with van der Waals surface area (Å²) in [5, 5.41) is 0. The fourth-order valence-electron chi connectivity index (χ4n) is 2.08. The van der Waals surface area contributed by atoms with Gasteiger partial charge < -0.3 is 28.2 Å². The van der Waals surface area contributed by atoms with Gasteiger partial charge in [-0.3, -0.25) is 0 Å². The van der Waals surface area contributed by atoms with Crippen LogP contribution < -0.4 is 28.2 Å². The van der Waals surface area contributed by atoms with Gasteiger partial charge in [0.1, 0.15) is 0 Å². The summed E-state index contributed by atoms with van der Waals surface area (Å²) in [6.07, 6.45) is 0. The van der Waals surface area contributed by atoms with Crippen molar-refractivity contribution in [2.75, 3.05) is 0 Å². The van der Waals surface area contributed by atoms with Crippen LogP contribution in [0.3, 0.4) is 0 Å². The molecule has 0 fully saturated rings. The van der Waals surface area contributed by atoms with Crippen molar-refractivity contribution < 1.29 is 28.2 Å². The third kappa shape index (κ3) is 8.67. The molecule has 0 aliphatic heterocycles. The van der Waals surface area contributed by atoms with Gasteiger partial charge in [-0.15, -0.1) is 0 Å². The summed E-state index contributed by atoms with van der Waals surface area (Å²) in [7, 11) is -0.0146. The Balaban J connectivity index is -0.000000210. The summed E-state index contributed by atoms with van der Waals surface area (Å²) in [6, 6.07) is 32.2. The molecule has 0 amide bonds. The fourth-order valence-corrected chi connectivity index (χ4v) is 4.18. The molecule has 3 aromatic carbocycles. The van der Waals surface area contributed by atoms with Gasteiger partial charge in [0.05, 0.1) is 10.9 Å². The first-order valence-electron chi connectivity index (χ1n) is 6.34. The molecule has 3 aromatic rings. The normalized spacial score (nSPS) is 7.73. The molecule has 2 radical (unpaired) electrons. The average molecular weight is 499 g/mol. The molecular weight excluding hydrogens is 484 g/mol. The predicted octanol–water partition coefficient (Wildman–Crippen LogP) is -13.6. The van der Waals surface area contributed by atoms with Gasteiger partial charge in [-0.25, -0.2) is 0 Å². The molecule has 0 atom stereocenters. The van der Waals surface area contributed by atoms with Crippen molar-refractivity contribution in [3.8, 4) is 0 Å². The Kier molecular flexibility index (Phi) is 24.9. The van der Waals surface area contributed by atoms with E-state index in [2.05, 4.69) is 91.0 Å². The van der Waals surface area contributed by atoms with Crippen molar-refractivity contribution in [1.29, 1.82) is 0 Å². The molecule has 0 N–H and O–H groups in total. The Labute approximate surface area is 169 Å². The third-order valence-electron chi connectivity index (χ3n) is 2.94. The summed E-state index contributed by atoms with van der Waals surface area (Å²) < 4.78 is 0. The molecule has 0 spiro atoms. The van der Waals surface area contributed by atoms with E-state index < -0.39 is 0 Å². The van der Waals surface area contributed by atoms with E-state index in [1.807, 2.05) is 0 Å². The van der Waals surface area contributed by atoms with Crippen LogP contribution in [-0.2, 0) is 10.9 Å². The Morgan fingerprint density at radius 2 is 0.538 bits per heavy atom. The molecule has 8 heteroatoms. The van der Waals surface area contributed by atoms with Crippen LogP contribution >= 0.6 is 0 Å². The molecule has 0 heterocycles. The smallest absolute Gasteiger partial charge is 1.00 e. The molecule has 26 heavy (non-hydrogen) atoms. The topological polar surface area (TPSA) is 0 Å². The van der Waals surface area contributed by atoms with E-state index in [9.17, 15) is 0 Å². The predicted molar refractivity (Wildman–Crippen MR) is 87.2 cm³/mol. The van der Waals surface area contributed by atoms with Gasteiger partial charge in [-0.1, -0.05) is 54.6 Å². The van der Waals surface area contributed by atoms with E-state index in [-0.39, 0.29) is 63.5 Å². The molecule has 0 aromatic heterocycles. The molecule has 0 saturated carbocycles. The van der Waals surface area contributed by atoms with Gasteiger partial charge in [0.15, 0.2) is 14.7 Å². The van der Waals surface area contributed by atoms with Crippen molar-refractivity contribution in [3.05, 3.63) is 91.0 Å². The molecule has 0 aliphatic carbocycles. The van der Waals surface area contributed by atoms with Crippen molar-refractivity contribution in [2.24, 2.45) is 0 Å². The van der Waals surface area contributed by atoms with E-state index in [0.717, 1.165) is 0 Å². The van der Waals surface area contributed by atoms with Crippen LogP contribution in [0.25, 0.3) is 0 Å². The molecule has 0 nitrogen and oxygen atoms in total. The molecule has 142 valence electrons. The van der Waals surface area contributed by atoms with Gasteiger partial charge in [0.25, 0.3) is 0 Å². The number of hydrogen-bond acceptors (Lipinski definition) is 0. The molecule has 0 saturated heterocycles. The second kappa shape index (κ2) is 18.2. The zero-order valence-electron chi connectivity index (χ0n) is 13.3. The zero-order chi connectivity index (χ0) is 12.9. The SMILES string of the molecule is [F-].[F-].[F-].[F-].[F-].[F-].[Sb+3].c1ccc([S+](c2ccccc2)c2ccccc2)cc1. The standard InChI is InChI=1S/C18H15S.6FH.Sb/c1-4-10-16(11-5-1)19(17-12-6-2-7-13-17)18-14-8-3-9-15-18;;;;;;;/h1-15H;6*1H;/q+1;;;;;;;+3/p-6. The minimum absolute atomic E-state index is 0. The maximum Gasteiger partial charge on any atom is 3.00 e. The first-order chi connectivity index (χ1) is 9.45. The van der Waals surface area contributed by atoms with Crippen molar-refractivity contribution in [2.45, 2.75) is 14.7 Å². The minimum atomic E-state index is -0.0146. The summed E-state index contributed by atoms with van der Waals surface area (Å²) in [4.78, 5) is 4.08. The molecule has 0 bridgehead atoms. The van der Waals surface area contributed by atoms with Crippen LogP contribution in [0.2, 0.25) is 0 Å². The van der Waals surface area contributed by atoms with Gasteiger partial charge in [0, 0.05) is 0 Å². The number of benzene rings is 3. The van der Waals surface area contributed by atoms with Crippen LogP contribution in [0, 0.1) is 0 Å². The first-order valence-corrected chi connectivity index (χ1v) is 7.57. The second-order valence-corrected chi connectivity index (χ2v) is 6.27. The largest absolute Gasteiger partial charge is 3.00 e. The van der Waals surface area contributed by atoms with Crippen LogP contribution in [0.5, 0.6) is 0 Å². The third-order valence-corrected chi connectivity index (χ3v) is 5.17. The summed E-state index contributed by atoms with van der Waals surface area (Å²) in [5.41, 5.74) is 0. The average Bonchev–Trinajstić information content (AvgIpc) is 2.51. The minimum Gasteiger partial charge on any atom is -1.00 e. The molecular formula is C18H15F6SSb-2. The zero-order valence-corrected chi connectivity index (χ0v) is 16.7. The summed E-state index contributed by atoms with van der Waals surface area (Å²) >= 11 is 0. The molecule has 0 aliphatic rings. The Morgan fingerprint density at radius 1 is 0.346 bits per heavy atom. The Hall–Kier alpha value is -1.59. The number of halogens is 6. The van der Waals surface area contributed by atoms with Gasteiger partial charge in [0.2, 0.25) is 0 Å². The first kappa shape index (κ1) is 35.5. The van der Waals surface area contributed by atoms with Crippen LogP contribution in [0.4, 0.5) is 0 Å². The number of hydrogen-bond donors (Lipinski definition) is 0. The van der Waals surface area contributed by atoms with Crippen LogP contribution in [0.1, 0.15) is 0 Å². The fraction of sp³-hybridized carbons (Fsp3) is 0. The van der Waals surface area contributed by atoms with E-state index in [0.29, 0.717) is 0 Å².